The van der Waals surface area contributed by atoms with Gasteiger partial charge < -0.3 is 14.6 Å². The Labute approximate surface area is 211 Å². The molecule has 10 heteroatoms. The van der Waals surface area contributed by atoms with Gasteiger partial charge in [0.05, 0.1) is 6.54 Å². The fraction of sp³-hybridized carbons (Fsp3) is 0.217. The Morgan fingerprint density at radius 2 is 1.91 bits per heavy atom. The number of alkyl halides is 2. The van der Waals surface area contributed by atoms with Crippen molar-refractivity contribution in [3.63, 3.8) is 0 Å². The predicted octanol–water partition coefficient (Wildman–Crippen LogP) is 5.40. The van der Waals surface area contributed by atoms with E-state index >= 15 is 0 Å². The van der Waals surface area contributed by atoms with Gasteiger partial charge >= 0.3 is 0 Å². The second-order valence-electron chi connectivity index (χ2n) is 7.23. The Hall–Kier alpha value is -2.23. The first-order valence-corrected chi connectivity index (χ1v) is 11.7. The Morgan fingerprint density at radius 1 is 1.18 bits per heavy atom. The molecule has 1 heterocycles. The van der Waals surface area contributed by atoms with Gasteiger partial charge in [-0.25, -0.2) is 8.78 Å². The minimum atomic E-state index is -1.12. The van der Waals surface area contributed by atoms with E-state index in [9.17, 15) is 18.4 Å². The molecular weight excluding hydrogens is 586 g/mol. The number of aromatic nitrogens is 1. The number of aryl methyl sites for hydroxylation is 1. The van der Waals surface area contributed by atoms with Gasteiger partial charge in [-0.15, -0.1) is 0 Å². The summed E-state index contributed by atoms with van der Waals surface area (Å²) < 4.78 is 32.8. The highest BCUT2D eigenvalue weighted by molar-refractivity contribution is 9.25. The summed E-state index contributed by atoms with van der Waals surface area (Å²) in [6.45, 7) is 1.71. The van der Waals surface area contributed by atoms with Crippen LogP contribution in [0.5, 0.6) is 5.75 Å². The third-order valence-corrected chi connectivity index (χ3v) is 6.94. The van der Waals surface area contributed by atoms with E-state index in [-0.39, 0.29) is 35.4 Å². The monoisotopic (exact) mass is 602 g/mol. The van der Waals surface area contributed by atoms with Crippen molar-refractivity contribution in [3.05, 3.63) is 97.9 Å². The second-order valence-corrected chi connectivity index (χ2v) is 11.1. The number of amides is 1. The Bertz CT molecular complexity index is 1260. The van der Waals surface area contributed by atoms with Gasteiger partial charge in [-0.3, -0.25) is 9.59 Å². The summed E-state index contributed by atoms with van der Waals surface area (Å²) in [6, 6.07) is 11.9. The van der Waals surface area contributed by atoms with Crippen LogP contribution in [-0.2, 0) is 21.2 Å². The van der Waals surface area contributed by atoms with Crippen molar-refractivity contribution in [3.8, 4) is 5.75 Å². The standard InChI is InChI=1S/C23H19Br2ClF2N2O3/c1-13-8-19(33-12-15-6-7-17(27)10-18(15)28)20(26)21(31)30(13)11-14-4-3-5-16(9-14)23(24,25)22(32)29-2/h3-10H,11-12H2,1-2H3,(H,29,32). The van der Waals surface area contributed by atoms with Crippen LogP contribution < -0.4 is 15.6 Å². The van der Waals surface area contributed by atoms with E-state index in [2.05, 4.69) is 37.2 Å². The number of ether oxygens (including phenoxy) is 1. The number of pyridine rings is 1. The van der Waals surface area contributed by atoms with E-state index in [1.807, 2.05) is 6.07 Å². The molecule has 2 aromatic carbocycles. The molecular formula is C23H19Br2ClF2N2O3. The number of hydrogen-bond acceptors (Lipinski definition) is 3. The Morgan fingerprint density at radius 3 is 2.58 bits per heavy atom. The summed E-state index contributed by atoms with van der Waals surface area (Å²) in [5.74, 6) is -1.62. The SMILES string of the molecule is CNC(=O)C(Br)(Br)c1cccc(Cn2c(C)cc(OCc3ccc(F)cc3F)c(Cl)c2=O)c1. The lowest BCUT2D eigenvalue weighted by atomic mass is 10.1. The maximum Gasteiger partial charge on any atom is 0.273 e. The van der Waals surface area contributed by atoms with Crippen molar-refractivity contribution >= 4 is 49.4 Å². The molecule has 0 fully saturated rings. The molecule has 0 atom stereocenters. The lowest BCUT2D eigenvalue weighted by Crippen LogP contribution is -2.33. The fourth-order valence-corrected chi connectivity index (χ4v) is 4.25. The summed E-state index contributed by atoms with van der Waals surface area (Å²) in [6.07, 6.45) is 0. The predicted molar refractivity (Wildman–Crippen MR) is 130 cm³/mol. The maximum atomic E-state index is 13.9. The van der Waals surface area contributed by atoms with E-state index in [1.165, 1.54) is 17.7 Å². The van der Waals surface area contributed by atoms with E-state index in [4.69, 9.17) is 16.3 Å². The molecule has 3 rings (SSSR count). The third-order valence-electron chi connectivity index (χ3n) is 4.96. The van der Waals surface area contributed by atoms with Crippen molar-refractivity contribution in [1.29, 1.82) is 0 Å². The molecule has 174 valence electrons. The molecule has 0 spiro atoms. The summed E-state index contributed by atoms with van der Waals surface area (Å²) in [7, 11) is 1.53. The van der Waals surface area contributed by atoms with Crippen LogP contribution in [0.1, 0.15) is 22.4 Å². The van der Waals surface area contributed by atoms with Gasteiger partial charge in [0.15, 0.2) is 3.23 Å². The van der Waals surface area contributed by atoms with Crippen molar-refractivity contribution in [2.75, 3.05) is 7.05 Å². The molecule has 0 saturated carbocycles. The largest absolute Gasteiger partial charge is 0.487 e. The lowest BCUT2D eigenvalue weighted by molar-refractivity contribution is -0.120. The first-order valence-electron chi connectivity index (χ1n) is 9.70. The number of nitrogens with zero attached hydrogens (tertiary/aromatic N) is 1. The first kappa shape index (κ1) is 25.4. The van der Waals surface area contributed by atoms with Gasteiger partial charge in [0.1, 0.15) is 29.0 Å². The molecule has 0 aliphatic heterocycles. The molecule has 1 N–H and O–H groups in total. The van der Waals surface area contributed by atoms with E-state index in [0.29, 0.717) is 11.3 Å². The molecule has 0 aliphatic carbocycles. The van der Waals surface area contributed by atoms with Crippen LogP contribution in [0.3, 0.4) is 0 Å². The summed E-state index contributed by atoms with van der Waals surface area (Å²) in [4.78, 5) is 25.1. The van der Waals surface area contributed by atoms with E-state index in [1.54, 1.807) is 31.2 Å². The Balaban J connectivity index is 1.86. The number of hydrogen-bond donors (Lipinski definition) is 1. The highest BCUT2D eigenvalue weighted by atomic mass is 79.9. The quantitative estimate of drug-likeness (QED) is 0.368. The van der Waals surface area contributed by atoms with Crippen LogP contribution in [0, 0.1) is 18.6 Å². The minimum Gasteiger partial charge on any atom is -0.487 e. The van der Waals surface area contributed by atoms with E-state index in [0.717, 1.165) is 17.7 Å². The highest BCUT2D eigenvalue weighted by Crippen LogP contribution is 2.38. The number of carbonyl (C=O) groups excluding carboxylic acids is 1. The molecule has 0 aliphatic rings. The van der Waals surface area contributed by atoms with Crippen LogP contribution >= 0.6 is 43.5 Å². The number of rotatable bonds is 7. The molecule has 5 nitrogen and oxygen atoms in total. The first-order chi connectivity index (χ1) is 15.5. The zero-order valence-electron chi connectivity index (χ0n) is 17.6. The zero-order chi connectivity index (χ0) is 24.3. The average molecular weight is 605 g/mol. The maximum absolute atomic E-state index is 13.9. The fourth-order valence-electron chi connectivity index (χ4n) is 3.15. The van der Waals surface area contributed by atoms with Crippen LogP contribution in [0.15, 0.2) is 53.3 Å². The van der Waals surface area contributed by atoms with E-state index < -0.39 is 20.4 Å². The zero-order valence-corrected chi connectivity index (χ0v) is 21.5. The van der Waals surface area contributed by atoms with Gasteiger partial charge in [0, 0.05) is 30.4 Å². The number of carbonyl (C=O) groups is 1. The molecule has 0 radical (unpaired) electrons. The Kier molecular flexibility index (Phi) is 7.97. The molecule has 33 heavy (non-hydrogen) atoms. The van der Waals surface area contributed by atoms with Gasteiger partial charge in [-0.05, 0) is 30.2 Å². The highest BCUT2D eigenvalue weighted by Gasteiger charge is 2.33. The van der Waals surface area contributed by atoms with Gasteiger partial charge in [-0.1, -0.05) is 67.7 Å². The summed E-state index contributed by atoms with van der Waals surface area (Å²) in [5, 5.41) is 2.42. The molecule has 1 aromatic heterocycles. The smallest absolute Gasteiger partial charge is 0.273 e. The van der Waals surface area contributed by atoms with Crippen LogP contribution in [0.2, 0.25) is 5.02 Å². The van der Waals surface area contributed by atoms with Gasteiger partial charge in [0.25, 0.3) is 11.5 Å². The average Bonchev–Trinajstić information content (AvgIpc) is 2.78. The molecule has 1 amide bonds. The normalized spacial score (nSPS) is 11.4. The molecule has 0 saturated heterocycles. The summed E-state index contributed by atoms with van der Waals surface area (Å²) in [5.41, 5.74) is 1.64. The second kappa shape index (κ2) is 10.4. The van der Waals surface area contributed by atoms with Crippen molar-refractivity contribution < 1.29 is 18.3 Å². The minimum absolute atomic E-state index is 0.104. The molecule has 0 unspecified atom stereocenters. The van der Waals surface area contributed by atoms with Crippen LogP contribution in [0.25, 0.3) is 0 Å². The van der Waals surface area contributed by atoms with Crippen molar-refractivity contribution in [2.45, 2.75) is 23.3 Å². The third kappa shape index (κ3) is 5.65. The number of likely N-dealkylation sites (N-methyl/N-ethyl adjacent to an activating group) is 1. The topological polar surface area (TPSA) is 60.3 Å². The summed E-state index contributed by atoms with van der Waals surface area (Å²) >= 11 is 13.0. The number of benzene rings is 2. The van der Waals surface area contributed by atoms with Crippen LogP contribution in [0.4, 0.5) is 8.78 Å². The van der Waals surface area contributed by atoms with Crippen molar-refractivity contribution in [1.82, 2.24) is 9.88 Å². The number of nitrogens with one attached hydrogen (secondary N) is 1. The van der Waals surface area contributed by atoms with Gasteiger partial charge in [0.2, 0.25) is 0 Å². The lowest BCUT2D eigenvalue weighted by Gasteiger charge is -2.20. The van der Waals surface area contributed by atoms with Gasteiger partial charge in [-0.2, -0.15) is 0 Å². The molecule has 0 bridgehead atoms. The van der Waals surface area contributed by atoms with Crippen LogP contribution in [-0.4, -0.2) is 17.5 Å². The van der Waals surface area contributed by atoms with Crippen molar-refractivity contribution in [2.24, 2.45) is 0 Å². The number of halogens is 5. The molecule has 3 aromatic rings.